The maximum absolute atomic E-state index is 6.32. The van der Waals surface area contributed by atoms with Crippen LogP contribution >= 0.6 is 47.3 Å². The van der Waals surface area contributed by atoms with Crippen LogP contribution in [0.4, 0.5) is 5.69 Å². The molecule has 0 aliphatic rings. The minimum absolute atomic E-state index is 0. The zero-order chi connectivity index (χ0) is 22.2. The van der Waals surface area contributed by atoms with Gasteiger partial charge in [0.25, 0.3) is 0 Å². The van der Waals surface area contributed by atoms with Gasteiger partial charge in [0.15, 0.2) is 5.17 Å². The SMILES string of the molecule is COc1ccc(CN(Cc2ccc(OC)cc2)C(=Nc2cccc(Cl)c2C)SC)cc1.I. The Kier molecular flexibility index (Phi) is 10.7. The smallest absolute Gasteiger partial charge is 0.164 e. The number of aliphatic imine (C=N–C) groups is 1. The van der Waals surface area contributed by atoms with Crippen molar-refractivity contribution < 1.29 is 9.47 Å². The van der Waals surface area contributed by atoms with Crippen LogP contribution in [-0.2, 0) is 13.1 Å². The van der Waals surface area contributed by atoms with Crippen LogP contribution in [0.2, 0.25) is 5.02 Å². The van der Waals surface area contributed by atoms with E-state index < -0.39 is 0 Å². The molecule has 3 aromatic rings. The van der Waals surface area contributed by atoms with Gasteiger partial charge >= 0.3 is 0 Å². The first kappa shape index (κ1) is 26.4. The molecule has 0 aromatic heterocycles. The predicted octanol–water partition coefficient (Wildman–Crippen LogP) is 7.34. The summed E-state index contributed by atoms with van der Waals surface area (Å²) < 4.78 is 10.6. The summed E-state index contributed by atoms with van der Waals surface area (Å²) in [5, 5.41) is 1.65. The average Bonchev–Trinajstić information content (AvgIpc) is 2.80. The van der Waals surface area contributed by atoms with E-state index in [0.29, 0.717) is 0 Å². The predicted molar refractivity (Wildman–Crippen MR) is 147 cm³/mol. The number of halogens is 2. The fraction of sp³-hybridized carbons (Fsp3) is 0.240. The molecule has 0 N–H and O–H groups in total. The number of ether oxygens (including phenoxy) is 2. The lowest BCUT2D eigenvalue weighted by atomic mass is 10.1. The van der Waals surface area contributed by atoms with E-state index in [2.05, 4.69) is 29.2 Å². The highest BCUT2D eigenvalue weighted by Crippen LogP contribution is 2.28. The summed E-state index contributed by atoms with van der Waals surface area (Å²) in [6.07, 6.45) is 2.05. The molecule has 3 rings (SSSR count). The van der Waals surface area contributed by atoms with E-state index in [-0.39, 0.29) is 24.0 Å². The normalized spacial score (nSPS) is 11.0. The standard InChI is InChI=1S/C25H27ClN2O2S.HI/c1-18-23(26)6-5-7-24(18)27-25(31-4)28(16-19-8-12-21(29-2)13-9-19)17-20-10-14-22(30-3)15-11-20;/h5-15H,16-17H2,1-4H3;1H. The van der Waals surface area contributed by atoms with Crippen LogP contribution < -0.4 is 9.47 Å². The van der Waals surface area contributed by atoms with Gasteiger partial charge in [0.2, 0.25) is 0 Å². The first-order valence-electron chi connectivity index (χ1n) is 9.92. The van der Waals surface area contributed by atoms with Gasteiger partial charge in [-0.1, -0.05) is 53.7 Å². The van der Waals surface area contributed by atoms with Crippen LogP contribution in [0.1, 0.15) is 16.7 Å². The van der Waals surface area contributed by atoms with Gasteiger partial charge in [-0.25, -0.2) is 4.99 Å². The van der Waals surface area contributed by atoms with Gasteiger partial charge in [0.05, 0.1) is 19.9 Å². The van der Waals surface area contributed by atoms with Crippen molar-refractivity contribution in [1.29, 1.82) is 0 Å². The van der Waals surface area contributed by atoms with Gasteiger partial charge in [-0.3, -0.25) is 0 Å². The maximum atomic E-state index is 6.32. The number of thioether (sulfide) groups is 1. The second-order valence-corrected chi connectivity index (χ2v) is 8.22. The van der Waals surface area contributed by atoms with Crippen molar-refractivity contribution in [2.24, 2.45) is 4.99 Å². The second-order valence-electron chi connectivity index (χ2n) is 7.03. The van der Waals surface area contributed by atoms with Gasteiger partial charge in [-0.2, -0.15) is 0 Å². The lowest BCUT2D eigenvalue weighted by Crippen LogP contribution is -2.27. The first-order chi connectivity index (χ1) is 15.0. The summed E-state index contributed by atoms with van der Waals surface area (Å²) in [6.45, 7) is 3.43. The highest BCUT2D eigenvalue weighted by Gasteiger charge is 2.14. The molecule has 0 atom stereocenters. The van der Waals surface area contributed by atoms with Crippen molar-refractivity contribution in [3.8, 4) is 11.5 Å². The molecule has 0 bridgehead atoms. The topological polar surface area (TPSA) is 34.1 Å². The summed E-state index contributed by atoms with van der Waals surface area (Å²) in [7, 11) is 3.35. The van der Waals surface area contributed by atoms with Gasteiger partial charge < -0.3 is 14.4 Å². The van der Waals surface area contributed by atoms with Crippen molar-refractivity contribution in [3.05, 3.63) is 88.4 Å². The van der Waals surface area contributed by atoms with Gasteiger partial charge in [0.1, 0.15) is 11.5 Å². The molecular formula is C25H28ClIN2O2S. The Morgan fingerprint density at radius 2 is 1.38 bits per heavy atom. The molecule has 0 amide bonds. The lowest BCUT2D eigenvalue weighted by molar-refractivity contribution is 0.405. The average molecular weight is 583 g/mol. The Bertz CT molecular complexity index is 978. The fourth-order valence-corrected chi connectivity index (χ4v) is 3.91. The first-order valence-corrected chi connectivity index (χ1v) is 11.5. The molecule has 32 heavy (non-hydrogen) atoms. The van der Waals surface area contributed by atoms with Gasteiger partial charge in [-0.05, 0) is 66.3 Å². The van der Waals surface area contributed by atoms with Crippen molar-refractivity contribution >= 4 is 58.2 Å². The molecule has 0 fully saturated rings. The minimum Gasteiger partial charge on any atom is -0.497 e. The Balaban J connectivity index is 0.00000363. The van der Waals surface area contributed by atoms with Gasteiger partial charge in [-0.15, -0.1) is 24.0 Å². The number of methoxy groups -OCH3 is 2. The zero-order valence-corrected chi connectivity index (χ0v) is 22.6. The molecule has 3 aromatic carbocycles. The van der Waals surface area contributed by atoms with Crippen molar-refractivity contribution in [3.63, 3.8) is 0 Å². The number of amidine groups is 1. The number of rotatable bonds is 7. The Labute approximate surface area is 217 Å². The molecule has 0 unspecified atom stereocenters. The number of benzene rings is 3. The Morgan fingerprint density at radius 1 is 0.875 bits per heavy atom. The van der Waals surface area contributed by atoms with Crippen molar-refractivity contribution in [1.82, 2.24) is 4.90 Å². The minimum atomic E-state index is 0. The van der Waals surface area contributed by atoms with E-state index in [0.717, 1.165) is 46.0 Å². The number of hydrogen-bond acceptors (Lipinski definition) is 4. The second kappa shape index (κ2) is 13.0. The molecular weight excluding hydrogens is 555 g/mol. The highest BCUT2D eigenvalue weighted by molar-refractivity contribution is 14.0. The summed E-state index contributed by atoms with van der Waals surface area (Å²) in [5.41, 5.74) is 4.22. The van der Waals surface area contributed by atoms with Crippen molar-refractivity contribution in [2.45, 2.75) is 20.0 Å². The summed E-state index contributed by atoms with van der Waals surface area (Å²) in [6, 6.07) is 22.1. The third-order valence-corrected chi connectivity index (χ3v) is 6.10. The molecule has 0 aliphatic heterocycles. The summed E-state index contributed by atoms with van der Waals surface area (Å²) in [4.78, 5) is 7.24. The van der Waals surface area contributed by atoms with E-state index in [1.807, 2.05) is 55.6 Å². The molecule has 0 aliphatic carbocycles. The van der Waals surface area contributed by atoms with E-state index in [1.54, 1.807) is 26.0 Å². The zero-order valence-electron chi connectivity index (χ0n) is 18.7. The third-order valence-electron chi connectivity index (χ3n) is 4.97. The van der Waals surface area contributed by atoms with Crippen molar-refractivity contribution in [2.75, 3.05) is 20.5 Å². The van der Waals surface area contributed by atoms with Crippen LogP contribution in [0.25, 0.3) is 0 Å². The monoisotopic (exact) mass is 582 g/mol. The van der Waals surface area contributed by atoms with Crippen LogP contribution in [0.3, 0.4) is 0 Å². The number of hydrogen-bond donors (Lipinski definition) is 0. The maximum Gasteiger partial charge on any atom is 0.164 e. The van der Waals surface area contributed by atoms with E-state index in [9.17, 15) is 0 Å². The molecule has 0 radical (unpaired) electrons. The van der Waals surface area contributed by atoms with Crippen LogP contribution in [0, 0.1) is 6.92 Å². The van der Waals surface area contributed by atoms with E-state index in [1.165, 1.54) is 11.1 Å². The molecule has 170 valence electrons. The molecule has 0 spiro atoms. The summed E-state index contributed by atoms with van der Waals surface area (Å²) in [5.74, 6) is 1.69. The largest absolute Gasteiger partial charge is 0.497 e. The highest BCUT2D eigenvalue weighted by atomic mass is 127. The van der Waals surface area contributed by atoms with Crippen LogP contribution in [0.15, 0.2) is 71.7 Å². The molecule has 0 heterocycles. The molecule has 0 saturated heterocycles. The molecule has 0 saturated carbocycles. The Hall–Kier alpha value is -1.90. The lowest BCUT2D eigenvalue weighted by Gasteiger charge is -2.26. The quantitative estimate of drug-likeness (QED) is 0.166. The van der Waals surface area contributed by atoms with E-state index in [4.69, 9.17) is 26.1 Å². The number of nitrogens with zero attached hydrogens (tertiary/aromatic N) is 2. The van der Waals surface area contributed by atoms with E-state index >= 15 is 0 Å². The molecule has 4 nitrogen and oxygen atoms in total. The third kappa shape index (κ3) is 7.05. The Morgan fingerprint density at radius 3 is 1.81 bits per heavy atom. The fourth-order valence-electron chi connectivity index (χ4n) is 3.16. The van der Waals surface area contributed by atoms with Gasteiger partial charge in [0, 0.05) is 18.1 Å². The van der Waals surface area contributed by atoms with Crippen LogP contribution in [-0.4, -0.2) is 30.5 Å². The summed E-state index contributed by atoms with van der Waals surface area (Å²) >= 11 is 7.95. The van der Waals surface area contributed by atoms with Crippen LogP contribution in [0.5, 0.6) is 11.5 Å². The molecule has 7 heteroatoms.